The number of anilines is 1. The third-order valence-electron chi connectivity index (χ3n) is 3.80. The molecule has 0 aromatic carbocycles. The quantitative estimate of drug-likeness (QED) is 0.799. The molecule has 1 saturated heterocycles. The van der Waals surface area contributed by atoms with E-state index in [1.54, 1.807) is 17.3 Å². The molecule has 1 aliphatic rings. The highest BCUT2D eigenvalue weighted by atomic mass is 79.9. The lowest BCUT2D eigenvalue weighted by Crippen LogP contribution is -2.43. The van der Waals surface area contributed by atoms with Crippen LogP contribution in [-0.4, -0.2) is 53.2 Å². The van der Waals surface area contributed by atoms with Crippen LogP contribution in [0.2, 0.25) is 0 Å². The van der Waals surface area contributed by atoms with Gasteiger partial charge in [-0.25, -0.2) is 14.8 Å². The molecule has 0 aliphatic carbocycles. The Morgan fingerprint density at radius 2 is 2.00 bits per heavy atom. The van der Waals surface area contributed by atoms with Crippen LogP contribution in [0.25, 0.3) is 0 Å². The van der Waals surface area contributed by atoms with Gasteiger partial charge < -0.3 is 14.5 Å². The lowest BCUT2D eigenvalue weighted by molar-refractivity contribution is 0.0186. The van der Waals surface area contributed by atoms with Crippen molar-refractivity contribution in [1.82, 2.24) is 14.9 Å². The number of carbonyl (C=O) groups excluding carboxylic acids is 1. The number of amides is 1. The average Bonchev–Trinajstić information content (AvgIpc) is 2.46. The summed E-state index contributed by atoms with van der Waals surface area (Å²) in [6, 6.07) is 0. The van der Waals surface area contributed by atoms with E-state index in [1.165, 1.54) is 0 Å². The molecule has 1 aromatic rings. The highest BCUT2D eigenvalue weighted by molar-refractivity contribution is 9.10. The van der Waals surface area contributed by atoms with Crippen molar-refractivity contribution in [3.63, 3.8) is 0 Å². The monoisotopic (exact) mass is 384 g/mol. The van der Waals surface area contributed by atoms with E-state index in [-0.39, 0.29) is 6.09 Å². The SMILES string of the molecule is CN(CC1CCN(C(=O)OC(C)(C)C)CC1)c1cnc(Br)cn1. The highest BCUT2D eigenvalue weighted by Gasteiger charge is 2.27. The van der Waals surface area contributed by atoms with Crippen LogP contribution in [-0.2, 0) is 4.74 Å². The summed E-state index contributed by atoms with van der Waals surface area (Å²) in [5.74, 6) is 1.41. The summed E-state index contributed by atoms with van der Waals surface area (Å²) < 4.78 is 6.16. The van der Waals surface area contributed by atoms with Crippen molar-refractivity contribution >= 4 is 27.8 Å². The molecule has 1 fully saturated rings. The normalized spacial score (nSPS) is 16.3. The predicted octanol–water partition coefficient (Wildman–Crippen LogP) is 3.32. The second-order valence-electron chi connectivity index (χ2n) is 6.99. The molecular formula is C16H25BrN4O2. The average molecular weight is 385 g/mol. The third kappa shape index (κ3) is 5.64. The molecule has 2 rings (SSSR count). The van der Waals surface area contributed by atoms with Crippen LogP contribution < -0.4 is 4.90 Å². The van der Waals surface area contributed by atoms with Gasteiger partial charge in [0.2, 0.25) is 0 Å². The van der Waals surface area contributed by atoms with Crippen molar-refractivity contribution < 1.29 is 9.53 Å². The zero-order chi connectivity index (χ0) is 17.0. The van der Waals surface area contributed by atoms with Crippen LogP contribution in [0.3, 0.4) is 0 Å². The van der Waals surface area contributed by atoms with Gasteiger partial charge in [-0.3, -0.25) is 0 Å². The van der Waals surface area contributed by atoms with Crippen LogP contribution >= 0.6 is 15.9 Å². The molecule has 0 unspecified atom stereocenters. The van der Waals surface area contributed by atoms with E-state index in [1.807, 2.05) is 27.8 Å². The predicted molar refractivity (Wildman–Crippen MR) is 93.5 cm³/mol. The first kappa shape index (κ1) is 18.0. The Balaban J connectivity index is 1.80. The largest absolute Gasteiger partial charge is 0.444 e. The van der Waals surface area contributed by atoms with Gasteiger partial charge in [0.25, 0.3) is 0 Å². The smallest absolute Gasteiger partial charge is 0.410 e. The fourth-order valence-corrected chi connectivity index (χ4v) is 2.81. The van der Waals surface area contributed by atoms with Gasteiger partial charge in [0.05, 0.1) is 12.4 Å². The topological polar surface area (TPSA) is 58.6 Å². The molecule has 6 nitrogen and oxygen atoms in total. The number of hydrogen-bond donors (Lipinski definition) is 0. The number of piperidine rings is 1. The molecule has 23 heavy (non-hydrogen) atoms. The summed E-state index contributed by atoms with van der Waals surface area (Å²) in [5, 5.41) is 0. The van der Waals surface area contributed by atoms with Crippen molar-refractivity contribution in [2.24, 2.45) is 5.92 Å². The number of likely N-dealkylation sites (tertiary alicyclic amines) is 1. The number of rotatable bonds is 3. The first-order valence-electron chi connectivity index (χ1n) is 7.91. The van der Waals surface area contributed by atoms with Crippen LogP contribution in [0.15, 0.2) is 17.0 Å². The van der Waals surface area contributed by atoms with E-state index in [9.17, 15) is 4.79 Å². The molecular weight excluding hydrogens is 360 g/mol. The zero-order valence-corrected chi connectivity index (χ0v) is 15.8. The Bertz CT molecular complexity index is 522. The maximum Gasteiger partial charge on any atom is 0.410 e. The fourth-order valence-electron chi connectivity index (χ4n) is 2.61. The Morgan fingerprint density at radius 3 is 2.52 bits per heavy atom. The number of aromatic nitrogens is 2. The summed E-state index contributed by atoms with van der Waals surface area (Å²) in [6.45, 7) is 8.10. The molecule has 7 heteroatoms. The minimum Gasteiger partial charge on any atom is -0.444 e. The Hall–Kier alpha value is -1.37. The number of halogens is 1. The van der Waals surface area contributed by atoms with Gasteiger partial charge in [-0.2, -0.15) is 0 Å². The number of carbonyl (C=O) groups is 1. The summed E-state index contributed by atoms with van der Waals surface area (Å²) in [7, 11) is 2.03. The molecule has 0 atom stereocenters. The van der Waals surface area contributed by atoms with Crippen LogP contribution in [0.5, 0.6) is 0 Å². The molecule has 0 radical (unpaired) electrons. The van der Waals surface area contributed by atoms with Gasteiger partial charge in [-0.15, -0.1) is 0 Å². The Morgan fingerprint density at radius 1 is 1.35 bits per heavy atom. The zero-order valence-electron chi connectivity index (χ0n) is 14.3. The molecule has 0 N–H and O–H groups in total. The van der Waals surface area contributed by atoms with Gasteiger partial charge in [-0.05, 0) is 55.5 Å². The van der Waals surface area contributed by atoms with Crippen molar-refractivity contribution in [1.29, 1.82) is 0 Å². The lowest BCUT2D eigenvalue weighted by Gasteiger charge is -2.35. The van der Waals surface area contributed by atoms with Crippen LogP contribution in [0, 0.1) is 5.92 Å². The van der Waals surface area contributed by atoms with Crippen LogP contribution in [0.1, 0.15) is 33.6 Å². The second kappa shape index (κ2) is 7.47. The van der Waals surface area contributed by atoms with Gasteiger partial charge in [0.15, 0.2) is 0 Å². The Kier molecular flexibility index (Phi) is 5.84. The van der Waals surface area contributed by atoms with Gasteiger partial charge >= 0.3 is 6.09 Å². The van der Waals surface area contributed by atoms with Crippen molar-refractivity contribution in [3.05, 3.63) is 17.0 Å². The van der Waals surface area contributed by atoms with Gasteiger partial charge in [-0.1, -0.05) is 0 Å². The number of nitrogens with zero attached hydrogens (tertiary/aromatic N) is 4. The number of hydrogen-bond acceptors (Lipinski definition) is 5. The molecule has 2 heterocycles. The molecule has 0 saturated carbocycles. The first-order chi connectivity index (χ1) is 10.7. The molecule has 1 aliphatic heterocycles. The highest BCUT2D eigenvalue weighted by Crippen LogP contribution is 2.22. The van der Waals surface area contributed by atoms with Gasteiger partial charge in [0.1, 0.15) is 16.0 Å². The summed E-state index contributed by atoms with van der Waals surface area (Å²) in [4.78, 5) is 24.6. The van der Waals surface area contributed by atoms with E-state index < -0.39 is 5.60 Å². The third-order valence-corrected chi connectivity index (χ3v) is 4.21. The summed E-state index contributed by atoms with van der Waals surface area (Å²) >= 11 is 3.29. The van der Waals surface area contributed by atoms with Crippen molar-refractivity contribution in [2.75, 3.05) is 31.6 Å². The van der Waals surface area contributed by atoms with E-state index >= 15 is 0 Å². The Labute approximate surface area is 146 Å². The van der Waals surface area contributed by atoms with E-state index in [0.717, 1.165) is 42.9 Å². The maximum absolute atomic E-state index is 12.1. The maximum atomic E-state index is 12.1. The molecule has 1 amide bonds. The van der Waals surface area contributed by atoms with E-state index in [4.69, 9.17) is 4.74 Å². The molecule has 1 aromatic heterocycles. The van der Waals surface area contributed by atoms with Crippen molar-refractivity contribution in [2.45, 2.75) is 39.2 Å². The molecule has 128 valence electrons. The minimum atomic E-state index is -0.436. The minimum absolute atomic E-state index is 0.205. The van der Waals surface area contributed by atoms with E-state index in [0.29, 0.717) is 5.92 Å². The van der Waals surface area contributed by atoms with Crippen LogP contribution in [0.4, 0.5) is 10.6 Å². The van der Waals surface area contributed by atoms with Crippen molar-refractivity contribution in [3.8, 4) is 0 Å². The lowest BCUT2D eigenvalue weighted by atomic mass is 9.96. The standard InChI is InChI=1S/C16H25BrN4O2/c1-16(2,3)23-15(22)21-7-5-12(6-8-21)11-20(4)14-10-18-13(17)9-19-14/h9-10,12H,5-8,11H2,1-4H3. The van der Waals surface area contributed by atoms with Gasteiger partial charge in [0, 0.05) is 26.7 Å². The van der Waals surface area contributed by atoms with E-state index in [2.05, 4.69) is 30.8 Å². The molecule has 0 spiro atoms. The molecule has 0 bridgehead atoms. The fraction of sp³-hybridized carbons (Fsp3) is 0.688. The second-order valence-corrected chi connectivity index (χ2v) is 7.80. The first-order valence-corrected chi connectivity index (χ1v) is 8.70. The summed E-state index contributed by atoms with van der Waals surface area (Å²) in [6.07, 6.45) is 5.22. The number of ether oxygens (including phenoxy) is 1. The summed E-state index contributed by atoms with van der Waals surface area (Å²) in [5.41, 5.74) is -0.436.